The molecule has 1 aromatic rings. The zero-order chi connectivity index (χ0) is 10.9. The van der Waals surface area contributed by atoms with Crippen LogP contribution in [0.1, 0.15) is 49.7 Å². The highest BCUT2D eigenvalue weighted by Crippen LogP contribution is 2.43. The largest absolute Gasteiger partial charge is 0.246 e. The van der Waals surface area contributed by atoms with Crippen molar-refractivity contribution in [3.8, 4) is 6.07 Å². The van der Waals surface area contributed by atoms with Gasteiger partial charge in [0.25, 0.3) is 0 Å². The summed E-state index contributed by atoms with van der Waals surface area (Å²) < 4.78 is 0. The SMILES string of the molecule is CC(C)c1csc(CC2(C#N)CCC2)n1. The number of hydrogen-bond donors (Lipinski definition) is 0. The Hall–Kier alpha value is -0.880. The molecule has 0 amide bonds. The van der Waals surface area contributed by atoms with Crippen LogP contribution in [-0.4, -0.2) is 4.98 Å². The molecule has 2 nitrogen and oxygen atoms in total. The molecule has 0 spiro atoms. The van der Waals surface area contributed by atoms with Crippen LogP contribution in [0.15, 0.2) is 5.38 Å². The van der Waals surface area contributed by atoms with E-state index in [4.69, 9.17) is 5.26 Å². The molecule has 2 rings (SSSR count). The predicted molar refractivity (Wildman–Crippen MR) is 61.8 cm³/mol. The lowest BCUT2D eigenvalue weighted by Gasteiger charge is -2.34. The van der Waals surface area contributed by atoms with Crippen LogP contribution >= 0.6 is 11.3 Å². The van der Waals surface area contributed by atoms with Crippen molar-refractivity contribution in [2.45, 2.75) is 45.4 Å². The lowest BCUT2D eigenvalue weighted by molar-refractivity contribution is 0.214. The Balaban J connectivity index is 2.08. The van der Waals surface area contributed by atoms with Gasteiger partial charge >= 0.3 is 0 Å². The predicted octanol–water partition coefficient (Wildman–Crippen LogP) is 3.50. The van der Waals surface area contributed by atoms with E-state index < -0.39 is 0 Å². The molecule has 0 saturated heterocycles. The average molecular weight is 220 g/mol. The minimum absolute atomic E-state index is 0.0773. The molecule has 0 aliphatic heterocycles. The second-order valence-corrected chi connectivity index (χ2v) is 5.69. The first-order chi connectivity index (χ1) is 7.15. The Labute approximate surface area is 95.0 Å². The van der Waals surface area contributed by atoms with E-state index in [1.807, 2.05) is 0 Å². The number of nitriles is 1. The van der Waals surface area contributed by atoms with Crippen molar-refractivity contribution in [1.29, 1.82) is 5.26 Å². The van der Waals surface area contributed by atoms with Gasteiger partial charge in [-0.05, 0) is 18.8 Å². The highest BCUT2D eigenvalue weighted by molar-refractivity contribution is 7.09. The van der Waals surface area contributed by atoms with E-state index in [9.17, 15) is 0 Å². The third-order valence-electron chi connectivity index (χ3n) is 3.20. The standard InChI is InChI=1S/C12H16N2S/c1-9(2)10-7-15-11(14-10)6-12(8-13)4-3-5-12/h7,9H,3-6H2,1-2H3. The molecule has 1 saturated carbocycles. The molecule has 15 heavy (non-hydrogen) atoms. The molecule has 0 atom stereocenters. The molecule has 1 aromatic heterocycles. The Kier molecular flexibility index (Phi) is 2.79. The molecule has 80 valence electrons. The number of thiazole rings is 1. The van der Waals surface area contributed by atoms with Crippen molar-refractivity contribution in [3.05, 3.63) is 16.1 Å². The normalized spacial score (nSPS) is 18.5. The lowest BCUT2D eigenvalue weighted by Crippen LogP contribution is -2.29. The highest BCUT2D eigenvalue weighted by atomic mass is 32.1. The second-order valence-electron chi connectivity index (χ2n) is 4.74. The number of hydrogen-bond acceptors (Lipinski definition) is 3. The van der Waals surface area contributed by atoms with Gasteiger partial charge in [-0.1, -0.05) is 20.3 Å². The number of nitrogens with zero attached hydrogens (tertiary/aromatic N) is 2. The van der Waals surface area contributed by atoms with Crippen LogP contribution in [-0.2, 0) is 6.42 Å². The first-order valence-electron chi connectivity index (χ1n) is 5.51. The topological polar surface area (TPSA) is 36.7 Å². The smallest absolute Gasteiger partial charge is 0.0944 e. The van der Waals surface area contributed by atoms with E-state index in [0.29, 0.717) is 5.92 Å². The fraction of sp³-hybridized carbons (Fsp3) is 0.667. The van der Waals surface area contributed by atoms with Crippen LogP contribution in [0.2, 0.25) is 0 Å². The summed E-state index contributed by atoms with van der Waals surface area (Å²) in [6.07, 6.45) is 4.18. The quantitative estimate of drug-likeness (QED) is 0.781. The van der Waals surface area contributed by atoms with Crippen LogP contribution in [0.25, 0.3) is 0 Å². The Morgan fingerprint density at radius 3 is 2.73 bits per heavy atom. The molecule has 0 unspecified atom stereocenters. The third kappa shape index (κ3) is 2.05. The van der Waals surface area contributed by atoms with Crippen LogP contribution in [0.3, 0.4) is 0 Å². The van der Waals surface area contributed by atoms with Gasteiger partial charge in [-0.3, -0.25) is 0 Å². The van der Waals surface area contributed by atoms with E-state index in [0.717, 1.165) is 24.3 Å². The van der Waals surface area contributed by atoms with Crippen molar-refractivity contribution >= 4 is 11.3 Å². The minimum atomic E-state index is -0.0773. The zero-order valence-electron chi connectivity index (χ0n) is 9.29. The molecule has 1 aliphatic carbocycles. The van der Waals surface area contributed by atoms with Gasteiger partial charge in [-0.25, -0.2) is 4.98 Å². The van der Waals surface area contributed by atoms with Crippen LogP contribution in [0.4, 0.5) is 0 Å². The van der Waals surface area contributed by atoms with Gasteiger partial charge in [-0.2, -0.15) is 5.26 Å². The summed E-state index contributed by atoms with van der Waals surface area (Å²) in [5.41, 5.74) is 1.09. The van der Waals surface area contributed by atoms with E-state index in [2.05, 4.69) is 30.3 Å². The molecule has 1 heterocycles. The summed E-state index contributed by atoms with van der Waals surface area (Å²) in [5.74, 6) is 0.495. The fourth-order valence-electron chi connectivity index (χ4n) is 1.89. The van der Waals surface area contributed by atoms with Crippen molar-refractivity contribution in [1.82, 2.24) is 4.98 Å². The highest BCUT2D eigenvalue weighted by Gasteiger charge is 2.38. The van der Waals surface area contributed by atoms with Gasteiger partial charge in [0.2, 0.25) is 0 Å². The molecular formula is C12H16N2S. The number of rotatable bonds is 3. The van der Waals surface area contributed by atoms with Gasteiger partial charge in [0.15, 0.2) is 0 Å². The fourth-order valence-corrected chi connectivity index (χ4v) is 2.99. The summed E-state index contributed by atoms with van der Waals surface area (Å²) in [6, 6.07) is 2.47. The summed E-state index contributed by atoms with van der Waals surface area (Å²) >= 11 is 1.71. The monoisotopic (exact) mass is 220 g/mol. The van der Waals surface area contributed by atoms with E-state index in [1.54, 1.807) is 11.3 Å². The average Bonchev–Trinajstić information content (AvgIpc) is 2.59. The molecule has 0 radical (unpaired) electrons. The maximum atomic E-state index is 9.14. The van der Waals surface area contributed by atoms with Crippen LogP contribution in [0, 0.1) is 16.7 Å². The molecule has 0 N–H and O–H groups in total. The number of aromatic nitrogens is 1. The minimum Gasteiger partial charge on any atom is -0.246 e. The molecular weight excluding hydrogens is 204 g/mol. The molecule has 1 fully saturated rings. The van der Waals surface area contributed by atoms with Crippen molar-refractivity contribution in [2.75, 3.05) is 0 Å². The van der Waals surface area contributed by atoms with Gasteiger partial charge in [-0.15, -0.1) is 11.3 Å². The van der Waals surface area contributed by atoms with Crippen molar-refractivity contribution in [2.24, 2.45) is 5.41 Å². The second kappa shape index (κ2) is 3.94. The van der Waals surface area contributed by atoms with Crippen LogP contribution < -0.4 is 0 Å². The van der Waals surface area contributed by atoms with Crippen molar-refractivity contribution in [3.63, 3.8) is 0 Å². The van der Waals surface area contributed by atoms with Gasteiger partial charge in [0.05, 0.1) is 22.2 Å². The maximum Gasteiger partial charge on any atom is 0.0944 e. The summed E-state index contributed by atoms with van der Waals surface area (Å²) in [7, 11) is 0. The van der Waals surface area contributed by atoms with E-state index >= 15 is 0 Å². The Morgan fingerprint density at radius 2 is 2.33 bits per heavy atom. The van der Waals surface area contributed by atoms with E-state index in [1.165, 1.54) is 12.1 Å². The third-order valence-corrected chi connectivity index (χ3v) is 4.07. The first kappa shape index (κ1) is 10.6. The van der Waals surface area contributed by atoms with E-state index in [-0.39, 0.29) is 5.41 Å². The summed E-state index contributed by atoms with van der Waals surface area (Å²) in [4.78, 5) is 4.59. The maximum absolute atomic E-state index is 9.14. The van der Waals surface area contributed by atoms with Crippen LogP contribution in [0.5, 0.6) is 0 Å². The first-order valence-corrected chi connectivity index (χ1v) is 6.39. The van der Waals surface area contributed by atoms with Gasteiger partial charge < -0.3 is 0 Å². The molecule has 0 bridgehead atoms. The van der Waals surface area contributed by atoms with Crippen molar-refractivity contribution < 1.29 is 0 Å². The van der Waals surface area contributed by atoms with Gasteiger partial charge in [0.1, 0.15) is 0 Å². The van der Waals surface area contributed by atoms with Gasteiger partial charge in [0, 0.05) is 11.8 Å². The lowest BCUT2D eigenvalue weighted by atomic mass is 9.68. The zero-order valence-corrected chi connectivity index (χ0v) is 10.1. The molecule has 0 aromatic carbocycles. The summed E-state index contributed by atoms with van der Waals surface area (Å²) in [6.45, 7) is 4.31. The summed E-state index contributed by atoms with van der Waals surface area (Å²) in [5, 5.41) is 12.4. The Bertz CT molecular complexity index is 383. The Morgan fingerprint density at radius 1 is 1.60 bits per heavy atom. The molecule has 1 aliphatic rings. The molecule has 3 heteroatoms.